The molecule has 1 saturated heterocycles. The standard InChI is InChI=1S/C19H16Cl2N4O4S/c20-13-6-8-15(9-7-13)30(27,28)25-10-2-5-16(25)17(26)22-19-24-23-18(29-19)12-3-1-4-14(21)11-12/h1,3-4,6-9,11,16H,2,5,10H2,(H,22,24,26). The molecular weight excluding hydrogens is 451 g/mol. The monoisotopic (exact) mass is 466 g/mol. The lowest BCUT2D eigenvalue weighted by molar-refractivity contribution is -0.119. The number of anilines is 1. The maximum Gasteiger partial charge on any atom is 0.322 e. The number of carbonyl (C=O) groups excluding carboxylic acids is 1. The predicted molar refractivity (Wildman–Crippen MR) is 112 cm³/mol. The number of carbonyl (C=O) groups is 1. The van der Waals surface area contributed by atoms with E-state index in [1.807, 2.05) is 0 Å². The van der Waals surface area contributed by atoms with Gasteiger partial charge in [0.05, 0.1) is 4.90 Å². The van der Waals surface area contributed by atoms with Crippen LogP contribution in [-0.4, -0.2) is 41.4 Å². The highest BCUT2D eigenvalue weighted by Gasteiger charge is 2.39. The largest absolute Gasteiger partial charge is 0.403 e. The van der Waals surface area contributed by atoms with Crippen molar-refractivity contribution in [2.24, 2.45) is 0 Å². The smallest absolute Gasteiger partial charge is 0.322 e. The Bertz CT molecular complexity index is 1180. The Morgan fingerprint density at radius 3 is 2.60 bits per heavy atom. The fourth-order valence-corrected chi connectivity index (χ4v) is 5.21. The van der Waals surface area contributed by atoms with Crippen LogP contribution in [0.2, 0.25) is 10.0 Å². The first-order valence-electron chi connectivity index (χ1n) is 9.02. The summed E-state index contributed by atoms with van der Waals surface area (Å²) in [4.78, 5) is 12.8. The van der Waals surface area contributed by atoms with Crippen molar-refractivity contribution in [2.45, 2.75) is 23.8 Å². The molecule has 1 aromatic heterocycles. The van der Waals surface area contributed by atoms with Crippen molar-refractivity contribution in [1.82, 2.24) is 14.5 Å². The quantitative estimate of drug-likeness (QED) is 0.612. The fraction of sp³-hybridized carbons (Fsp3) is 0.211. The molecule has 0 spiro atoms. The van der Waals surface area contributed by atoms with Gasteiger partial charge in [-0.15, -0.1) is 5.10 Å². The maximum atomic E-state index is 13.0. The molecule has 8 nitrogen and oxygen atoms in total. The molecule has 11 heteroatoms. The summed E-state index contributed by atoms with van der Waals surface area (Å²) in [6, 6.07) is 11.7. The van der Waals surface area contributed by atoms with Crippen LogP contribution in [0.15, 0.2) is 57.8 Å². The molecule has 1 fully saturated rings. The number of halogens is 2. The third-order valence-corrected chi connectivity index (χ3v) is 7.06. The molecule has 2 heterocycles. The van der Waals surface area contributed by atoms with Gasteiger partial charge in [-0.3, -0.25) is 10.1 Å². The van der Waals surface area contributed by atoms with Crippen molar-refractivity contribution in [3.8, 4) is 11.5 Å². The average molecular weight is 467 g/mol. The molecule has 2 aromatic carbocycles. The number of amides is 1. The van der Waals surface area contributed by atoms with Gasteiger partial charge in [-0.1, -0.05) is 34.4 Å². The minimum atomic E-state index is -3.85. The van der Waals surface area contributed by atoms with Crippen LogP contribution in [0.4, 0.5) is 6.01 Å². The van der Waals surface area contributed by atoms with E-state index in [2.05, 4.69) is 15.5 Å². The van der Waals surface area contributed by atoms with E-state index in [4.69, 9.17) is 27.6 Å². The Kier molecular flexibility index (Phi) is 5.79. The SMILES string of the molecule is O=C(Nc1nnc(-c2cccc(Cl)c2)o1)C1CCCN1S(=O)(=O)c1ccc(Cl)cc1. The van der Waals surface area contributed by atoms with Gasteiger partial charge in [-0.05, 0) is 55.3 Å². The molecule has 0 radical (unpaired) electrons. The fourth-order valence-electron chi connectivity index (χ4n) is 3.23. The average Bonchev–Trinajstić information content (AvgIpc) is 3.38. The highest BCUT2D eigenvalue weighted by molar-refractivity contribution is 7.89. The third kappa shape index (κ3) is 4.20. The molecule has 0 aliphatic carbocycles. The number of hydrogen-bond donors (Lipinski definition) is 1. The molecule has 1 unspecified atom stereocenters. The highest BCUT2D eigenvalue weighted by Crippen LogP contribution is 2.28. The summed E-state index contributed by atoms with van der Waals surface area (Å²) in [5.74, 6) is -0.351. The zero-order valence-corrected chi connectivity index (χ0v) is 17.8. The number of nitrogens with one attached hydrogen (secondary N) is 1. The molecule has 1 N–H and O–H groups in total. The van der Waals surface area contributed by atoms with Gasteiger partial charge in [-0.2, -0.15) is 4.31 Å². The van der Waals surface area contributed by atoms with Gasteiger partial charge >= 0.3 is 6.01 Å². The minimum absolute atomic E-state index is 0.0765. The van der Waals surface area contributed by atoms with E-state index in [1.54, 1.807) is 24.3 Å². The summed E-state index contributed by atoms with van der Waals surface area (Å²) in [5.41, 5.74) is 0.600. The van der Waals surface area contributed by atoms with E-state index in [0.717, 1.165) is 0 Å². The van der Waals surface area contributed by atoms with E-state index < -0.39 is 22.0 Å². The second-order valence-electron chi connectivity index (χ2n) is 6.64. The summed E-state index contributed by atoms with van der Waals surface area (Å²) >= 11 is 11.8. The zero-order chi connectivity index (χ0) is 21.3. The summed E-state index contributed by atoms with van der Waals surface area (Å²) in [7, 11) is -3.85. The Labute approximate surface area is 182 Å². The number of hydrogen-bond acceptors (Lipinski definition) is 6. The van der Waals surface area contributed by atoms with Gasteiger partial charge in [0.1, 0.15) is 6.04 Å². The Balaban J connectivity index is 1.51. The number of aromatic nitrogens is 2. The van der Waals surface area contributed by atoms with Crippen LogP contribution in [0.3, 0.4) is 0 Å². The van der Waals surface area contributed by atoms with E-state index in [-0.39, 0.29) is 23.3 Å². The van der Waals surface area contributed by atoms with Crippen molar-refractivity contribution in [3.05, 3.63) is 58.6 Å². The van der Waals surface area contributed by atoms with Gasteiger partial charge in [-0.25, -0.2) is 8.42 Å². The molecule has 0 saturated carbocycles. The molecular formula is C19H16Cl2N4O4S. The molecule has 30 heavy (non-hydrogen) atoms. The Morgan fingerprint density at radius 1 is 1.10 bits per heavy atom. The van der Waals surface area contributed by atoms with Crippen LogP contribution in [-0.2, 0) is 14.8 Å². The molecule has 3 aromatic rings. The van der Waals surface area contributed by atoms with Crippen LogP contribution in [0, 0.1) is 0 Å². The van der Waals surface area contributed by atoms with E-state index >= 15 is 0 Å². The van der Waals surface area contributed by atoms with E-state index in [9.17, 15) is 13.2 Å². The topological polar surface area (TPSA) is 105 Å². The van der Waals surface area contributed by atoms with Crippen LogP contribution in [0.25, 0.3) is 11.5 Å². The highest BCUT2D eigenvalue weighted by atomic mass is 35.5. The minimum Gasteiger partial charge on any atom is -0.403 e. The summed E-state index contributed by atoms with van der Waals surface area (Å²) in [5, 5.41) is 11.2. The number of nitrogens with zero attached hydrogens (tertiary/aromatic N) is 3. The number of benzene rings is 2. The first-order valence-corrected chi connectivity index (χ1v) is 11.2. The predicted octanol–water partition coefficient (Wildman–Crippen LogP) is 3.84. The van der Waals surface area contributed by atoms with Crippen LogP contribution < -0.4 is 5.32 Å². The maximum absolute atomic E-state index is 13.0. The first-order chi connectivity index (χ1) is 14.3. The first kappa shape index (κ1) is 20.8. The van der Waals surface area contributed by atoms with Crippen molar-refractivity contribution >= 4 is 45.1 Å². The lowest BCUT2D eigenvalue weighted by Crippen LogP contribution is -2.43. The molecule has 1 amide bonds. The Morgan fingerprint density at radius 2 is 1.87 bits per heavy atom. The van der Waals surface area contributed by atoms with Gasteiger partial charge in [0.2, 0.25) is 21.8 Å². The van der Waals surface area contributed by atoms with Crippen LogP contribution >= 0.6 is 23.2 Å². The van der Waals surface area contributed by atoms with Gasteiger partial charge in [0, 0.05) is 22.2 Å². The second-order valence-corrected chi connectivity index (χ2v) is 9.40. The summed E-state index contributed by atoms with van der Waals surface area (Å²) in [6.45, 7) is 0.237. The van der Waals surface area contributed by atoms with Crippen LogP contribution in [0.1, 0.15) is 12.8 Å². The lowest BCUT2D eigenvalue weighted by Gasteiger charge is -2.22. The number of rotatable bonds is 5. The molecule has 1 aliphatic rings. The van der Waals surface area contributed by atoms with E-state index in [1.165, 1.54) is 28.6 Å². The molecule has 1 atom stereocenters. The summed E-state index contributed by atoms with van der Waals surface area (Å²) < 4.78 is 32.6. The molecule has 4 rings (SSSR count). The van der Waals surface area contributed by atoms with E-state index in [0.29, 0.717) is 28.5 Å². The third-order valence-electron chi connectivity index (χ3n) is 4.65. The molecule has 1 aliphatic heterocycles. The van der Waals surface area contributed by atoms with Gasteiger partial charge < -0.3 is 4.42 Å². The van der Waals surface area contributed by atoms with Crippen molar-refractivity contribution in [2.75, 3.05) is 11.9 Å². The molecule has 0 bridgehead atoms. The van der Waals surface area contributed by atoms with Gasteiger partial charge in [0.15, 0.2) is 0 Å². The lowest BCUT2D eigenvalue weighted by atomic mass is 10.2. The van der Waals surface area contributed by atoms with Crippen molar-refractivity contribution < 1.29 is 17.6 Å². The van der Waals surface area contributed by atoms with Crippen molar-refractivity contribution in [3.63, 3.8) is 0 Å². The second kappa shape index (κ2) is 8.35. The normalized spacial score (nSPS) is 17.2. The summed E-state index contributed by atoms with van der Waals surface area (Å²) in [6.07, 6.45) is 0.941. The zero-order valence-electron chi connectivity index (χ0n) is 15.5. The number of sulfonamides is 1. The van der Waals surface area contributed by atoms with Crippen LogP contribution in [0.5, 0.6) is 0 Å². The van der Waals surface area contributed by atoms with Crippen molar-refractivity contribution in [1.29, 1.82) is 0 Å². The molecule has 156 valence electrons. The Hall–Kier alpha value is -2.46. The van der Waals surface area contributed by atoms with Gasteiger partial charge in [0.25, 0.3) is 0 Å².